The van der Waals surface area contributed by atoms with Gasteiger partial charge in [0.2, 0.25) is 11.8 Å². The van der Waals surface area contributed by atoms with Crippen LogP contribution in [0.1, 0.15) is 12.3 Å². The molecule has 0 atom stereocenters. The van der Waals surface area contributed by atoms with E-state index < -0.39 is 36.9 Å². The Morgan fingerprint density at radius 2 is 1.82 bits per heavy atom. The molecule has 1 aromatic carbocycles. The van der Waals surface area contributed by atoms with Crippen molar-refractivity contribution in [3.63, 3.8) is 0 Å². The number of aromatic nitrogens is 1. The van der Waals surface area contributed by atoms with Crippen LogP contribution in [-0.2, 0) is 16.0 Å². The molecular formula is C18H19F4N3O3. The van der Waals surface area contributed by atoms with Gasteiger partial charge < -0.3 is 14.2 Å². The molecule has 0 saturated carbocycles. The molecule has 2 aromatic rings. The summed E-state index contributed by atoms with van der Waals surface area (Å²) in [7, 11) is 2.77. The van der Waals surface area contributed by atoms with Gasteiger partial charge >= 0.3 is 6.18 Å². The molecule has 0 aliphatic heterocycles. The molecule has 0 N–H and O–H groups in total. The summed E-state index contributed by atoms with van der Waals surface area (Å²) >= 11 is 0. The van der Waals surface area contributed by atoms with Gasteiger partial charge in [0.25, 0.3) is 0 Å². The summed E-state index contributed by atoms with van der Waals surface area (Å²) in [5.74, 6) is -1.78. The summed E-state index contributed by atoms with van der Waals surface area (Å²) in [5.41, 5.74) is 0.183. The van der Waals surface area contributed by atoms with Crippen molar-refractivity contribution in [1.29, 1.82) is 0 Å². The first-order valence-corrected chi connectivity index (χ1v) is 8.31. The minimum atomic E-state index is -4.64. The van der Waals surface area contributed by atoms with E-state index in [0.29, 0.717) is 4.90 Å². The van der Waals surface area contributed by atoms with Gasteiger partial charge in [0.15, 0.2) is 11.7 Å². The second-order valence-corrected chi connectivity index (χ2v) is 6.25. The summed E-state index contributed by atoms with van der Waals surface area (Å²) in [6, 6.07) is 5.86. The van der Waals surface area contributed by atoms with Gasteiger partial charge in [-0.05, 0) is 12.1 Å². The van der Waals surface area contributed by atoms with Gasteiger partial charge in [-0.25, -0.2) is 9.37 Å². The Hall–Kier alpha value is -2.91. The van der Waals surface area contributed by atoms with Crippen molar-refractivity contribution in [2.75, 3.05) is 27.2 Å². The van der Waals surface area contributed by atoms with Crippen molar-refractivity contribution in [1.82, 2.24) is 14.8 Å². The van der Waals surface area contributed by atoms with Crippen LogP contribution in [0, 0.1) is 5.82 Å². The maximum Gasteiger partial charge on any atom is 0.406 e. The van der Waals surface area contributed by atoms with E-state index in [4.69, 9.17) is 4.42 Å². The third-order valence-corrected chi connectivity index (χ3v) is 3.79. The minimum absolute atomic E-state index is 0.0810. The van der Waals surface area contributed by atoms with Gasteiger partial charge in [0, 0.05) is 26.9 Å². The van der Waals surface area contributed by atoms with E-state index in [-0.39, 0.29) is 30.1 Å². The molecule has 6 nitrogen and oxygen atoms in total. The zero-order chi connectivity index (χ0) is 20.9. The number of rotatable bonds is 7. The van der Waals surface area contributed by atoms with Crippen LogP contribution in [0.25, 0.3) is 11.3 Å². The fraction of sp³-hybridized carbons (Fsp3) is 0.389. The molecule has 152 valence electrons. The maximum absolute atomic E-state index is 13.8. The Kier molecular flexibility index (Phi) is 6.76. The van der Waals surface area contributed by atoms with Crippen molar-refractivity contribution in [2.24, 2.45) is 0 Å². The van der Waals surface area contributed by atoms with Gasteiger partial charge in [0.1, 0.15) is 18.9 Å². The van der Waals surface area contributed by atoms with Crippen LogP contribution in [0.4, 0.5) is 17.6 Å². The van der Waals surface area contributed by atoms with Gasteiger partial charge in [-0.1, -0.05) is 12.1 Å². The number of benzene rings is 1. The molecule has 0 bridgehead atoms. The highest BCUT2D eigenvalue weighted by Gasteiger charge is 2.34. The molecule has 10 heteroatoms. The molecule has 1 aromatic heterocycles. The lowest BCUT2D eigenvalue weighted by molar-refractivity contribution is -0.164. The zero-order valence-electron chi connectivity index (χ0n) is 15.3. The number of carbonyl (C=O) groups excluding carboxylic acids is 2. The topological polar surface area (TPSA) is 66.7 Å². The standard InChI is InChI=1S/C18H19F4N3O3/c1-24(2)17(27)10-25(11-18(20,21)22)16(26)8-7-15-23-9-14(28-15)12-5-3-4-6-13(12)19/h3-6,9H,7-8,10-11H2,1-2H3. The van der Waals surface area contributed by atoms with Crippen LogP contribution in [0.15, 0.2) is 34.9 Å². The monoisotopic (exact) mass is 401 g/mol. The summed E-state index contributed by atoms with van der Waals surface area (Å²) in [6.07, 6.45) is -3.78. The van der Waals surface area contributed by atoms with Crippen molar-refractivity contribution in [3.8, 4) is 11.3 Å². The van der Waals surface area contributed by atoms with E-state index in [1.807, 2.05) is 0 Å². The lowest BCUT2D eigenvalue weighted by atomic mass is 10.2. The molecule has 2 rings (SSSR count). The second kappa shape index (κ2) is 8.85. The van der Waals surface area contributed by atoms with Gasteiger partial charge in [-0.2, -0.15) is 13.2 Å². The van der Waals surface area contributed by atoms with Crippen LogP contribution in [0.5, 0.6) is 0 Å². The predicted molar refractivity (Wildman–Crippen MR) is 91.5 cm³/mol. The highest BCUT2D eigenvalue weighted by molar-refractivity contribution is 5.84. The van der Waals surface area contributed by atoms with Crippen molar-refractivity contribution < 1.29 is 31.6 Å². The Morgan fingerprint density at radius 3 is 2.43 bits per heavy atom. The molecule has 28 heavy (non-hydrogen) atoms. The highest BCUT2D eigenvalue weighted by atomic mass is 19.4. The Labute approximate surface area is 158 Å². The van der Waals surface area contributed by atoms with Crippen LogP contribution in [-0.4, -0.2) is 60.0 Å². The average molecular weight is 401 g/mol. The Balaban J connectivity index is 2.03. The first kappa shape index (κ1) is 21.4. The number of nitrogens with zero attached hydrogens (tertiary/aromatic N) is 3. The Morgan fingerprint density at radius 1 is 1.14 bits per heavy atom. The lowest BCUT2D eigenvalue weighted by Crippen LogP contribution is -2.44. The maximum atomic E-state index is 13.8. The summed E-state index contributed by atoms with van der Waals surface area (Å²) < 4.78 is 57.3. The zero-order valence-corrected chi connectivity index (χ0v) is 15.3. The van der Waals surface area contributed by atoms with E-state index in [2.05, 4.69) is 4.98 Å². The average Bonchev–Trinajstić information content (AvgIpc) is 3.07. The Bertz CT molecular complexity index is 833. The third kappa shape index (κ3) is 6.07. The normalized spacial score (nSPS) is 11.4. The highest BCUT2D eigenvalue weighted by Crippen LogP contribution is 2.24. The number of alkyl halides is 3. The number of oxazole rings is 1. The lowest BCUT2D eigenvalue weighted by Gasteiger charge is -2.24. The molecule has 0 aliphatic carbocycles. The smallest absolute Gasteiger partial charge is 0.406 e. The fourth-order valence-electron chi connectivity index (χ4n) is 2.34. The number of halogens is 4. The molecule has 0 unspecified atom stereocenters. The van der Waals surface area contributed by atoms with Crippen LogP contribution < -0.4 is 0 Å². The summed E-state index contributed by atoms with van der Waals surface area (Å²) in [5, 5.41) is 0. The molecule has 1 heterocycles. The molecule has 0 radical (unpaired) electrons. The number of carbonyl (C=O) groups is 2. The number of aryl methyl sites for hydroxylation is 1. The number of likely N-dealkylation sites (N-methyl/N-ethyl adjacent to an activating group) is 1. The molecule has 0 saturated heterocycles. The molecule has 0 spiro atoms. The van der Waals surface area contributed by atoms with Gasteiger partial charge in [-0.3, -0.25) is 9.59 Å². The van der Waals surface area contributed by atoms with Crippen molar-refractivity contribution in [2.45, 2.75) is 19.0 Å². The van der Waals surface area contributed by atoms with Crippen molar-refractivity contribution in [3.05, 3.63) is 42.2 Å². The number of hydrogen-bond donors (Lipinski definition) is 0. The summed E-state index contributed by atoms with van der Waals surface area (Å²) in [6.45, 7) is -2.21. The quantitative estimate of drug-likeness (QED) is 0.670. The number of amides is 2. The largest absolute Gasteiger partial charge is 0.441 e. The van der Waals surface area contributed by atoms with E-state index in [9.17, 15) is 27.2 Å². The minimum Gasteiger partial charge on any atom is -0.441 e. The molecular weight excluding hydrogens is 382 g/mol. The van der Waals surface area contributed by atoms with Crippen LogP contribution >= 0.6 is 0 Å². The third-order valence-electron chi connectivity index (χ3n) is 3.79. The number of hydrogen-bond acceptors (Lipinski definition) is 4. The van der Waals surface area contributed by atoms with E-state index >= 15 is 0 Å². The molecule has 2 amide bonds. The van der Waals surface area contributed by atoms with Crippen LogP contribution in [0.2, 0.25) is 0 Å². The van der Waals surface area contributed by atoms with Crippen LogP contribution in [0.3, 0.4) is 0 Å². The first-order chi connectivity index (χ1) is 13.1. The fourth-order valence-corrected chi connectivity index (χ4v) is 2.34. The second-order valence-electron chi connectivity index (χ2n) is 6.25. The van der Waals surface area contributed by atoms with E-state index in [1.54, 1.807) is 6.07 Å². The van der Waals surface area contributed by atoms with E-state index in [1.165, 1.54) is 38.5 Å². The predicted octanol–water partition coefficient (Wildman–Crippen LogP) is 2.89. The summed E-state index contributed by atoms with van der Waals surface area (Å²) in [4.78, 5) is 29.4. The molecule has 0 aliphatic rings. The van der Waals surface area contributed by atoms with Gasteiger partial charge in [-0.15, -0.1) is 0 Å². The van der Waals surface area contributed by atoms with Gasteiger partial charge in [0.05, 0.1) is 11.8 Å². The first-order valence-electron chi connectivity index (χ1n) is 8.31. The van der Waals surface area contributed by atoms with E-state index in [0.717, 1.165) is 4.90 Å². The molecule has 0 fully saturated rings. The SMILES string of the molecule is CN(C)C(=O)CN(CC(F)(F)F)C(=O)CCc1ncc(-c2ccccc2F)o1. The van der Waals surface area contributed by atoms with Crippen molar-refractivity contribution >= 4 is 11.8 Å².